The molecule has 4 atom stereocenters. The van der Waals surface area contributed by atoms with Gasteiger partial charge in [-0.2, -0.15) is 0 Å². The number of rotatable bonds is 3. The number of aliphatic carboxylic acids is 1. The fourth-order valence-electron chi connectivity index (χ4n) is 3.49. The Labute approximate surface area is 129 Å². The summed E-state index contributed by atoms with van der Waals surface area (Å²) in [4.78, 5) is 25.4. The highest BCUT2D eigenvalue weighted by Gasteiger charge is 2.41. The van der Waals surface area contributed by atoms with Crippen LogP contribution in [0, 0.1) is 0 Å². The molecular formula is C17H21NO4. The van der Waals surface area contributed by atoms with Gasteiger partial charge in [-0.3, -0.25) is 4.79 Å². The third-order valence-electron chi connectivity index (χ3n) is 4.70. The van der Waals surface area contributed by atoms with Crippen LogP contribution in [0.15, 0.2) is 30.3 Å². The van der Waals surface area contributed by atoms with Crippen LogP contribution in [0.2, 0.25) is 0 Å². The van der Waals surface area contributed by atoms with E-state index in [0.29, 0.717) is 25.3 Å². The zero-order valence-electron chi connectivity index (χ0n) is 12.6. The van der Waals surface area contributed by atoms with Crippen LogP contribution in [0.3, 0.4) is 0 Å². The Balaban J connectivity index is 1.65. The fourth-order valence-corrected chi connectivity index (χ4v) is 3.49. The second kappa shape index (κ2) is 6.08. The van der Waals surface area contributed by atoms with Gasteiger partial charge in [-0.1, -0.05) is 30.3 Å². The molecule has 1 amide bonds. The van der Waals surface area contributed by atoms with Crippen molar-refractivity contribution in [3.63, 3.8) is 0 Å². The molecule has 0 aromatic heterocycles. The molecule has 3 rings (SSSR count). The molecule has 0 bridgehead atoms. The normalized spacial score (nSPS) is 31.4. The third-order valence-corrected chi connectivity index (χ3v) is 4.70. The van der Waals surface area contributed by atoms with E-state index in [1.807, 2.05) is 30.0 Å². The van der Waals surface area contributed by atoms with Crippen molar-refractivity contribution in [3.05, 3.63) is 35.9 Å². The number of hydrogen-bond donors (Lipinski definition) is 1. The van der Waals surface area contributed by atoms with Crippen molar-refractivity contribution < 1.29 is 19.4 Å². The molecule has 0 saturated carbocycles. The first-order valence-electron chi connectivity index (χ1n) is 7.80. The van der Waals surface area contributed by atoms with Crippen molar-refractivity contribution in [2.75, 3.05) is 6.54 Å². The molecule has 1 N–H and O–H groups in total. The van der Waals surface area contributed by atoms with Gasteiger partial charge in [0.1, 0.15) is 6.10 Å². The van der Waals surface area contributed by atoms with Crippen molar-refractivity contribution >= 4 is 11.9 Å². The van der Waals surface area contributed by atoms with Gasteiger partial charge in [0.15, 0.2) is 6.10 Å². The maximum Gasteiger partial charge on any atom is 0.332 e. The molecule has 5 nitrogen and oxygen atoms in total. The van der Waals surface area contributed by atoms with E-state index in [0.717, 1.165) is 6.42 Å². The van der Waals surface area contributed by atoms with Crippen molar-refractivity contribution in [1.82, 2.24) is 4.90 Å². The zero-order chi connectivity index (χ0) is 15.7. The van der Waals surface area contributed by atoms with E-state index in [1.165, 1.54) is 5.56 Å². The Hall–Kier alpha value is -1.88. The Morgan fingerprint density at radius 3 is 2.50 bits per heavy atom. The van der Waals surface area contributed by atoms with Crippen LogP contribution in [0.1, 0.15) is 37.7 Å². The molecule has 2 saturated heterocycles. The second-order valence-electron chi connectivity index (χ2n) is 6.21. The summed E-state index contributed by atoms with van der Waals surface area (Å²) in [5, 5.41) is 8.97. The maximum absolute atomic E-state index is 12.6. The highest BCUT2D eigenvalue weighted by atomic mass is 16.5. The van der Waals surface area contributed by atoms with Crippen molar-refractivity contribution in [1.29, 1.82) is 0 Å². The van der Waals surface area contributed by atoms with Crippen molar-refractivity contribution in [2.24, 2.45) is 0 Å². The van der Waals surface area contributed by atoms with E-state index in [1.54, 1.807) is 0 Å². The number of amides is 1. The van der Waals surface area contributed by atoms with Gasteiger partial charge in [0.25, 0.3) is 5.91 Å². The molecule has 1 aromatic carbocycles. The van der Waals surface area contributed by atoms with E-state index in [9.17, 15) is 9.59 Å². The average Bonchev–Trinajstić information content (AvgIpc) is 3.14. The van der Waals surface area contributed by atoms with Gasteiger partial charge in [-0.25, -0.2) is 4.79 Å². The number of likely N-dealkylation sites (tertiary alicyclic amines) is 1. The first-order chi connectivity index (χ1) is 10.6. The Kier molecular flexibility index (Phi) is 4.16. The molecule has 2 fully saturated rings. The van der Waals surface area contributed by atoms with Crippen LogP contribution in [0.5, 0.6) is 0 Å². The predicted octanol–water partition coefficient (Wildman–Crippen LogP) is 2.02. The van der Waals surface area contributed by atoms with Crippen LogP contribution in [0.4, 0.5) is 0 Å². The van der Waals surface area contributed by atoms with E-state index >= 15 is 0 Å². The molecule has 1 aromatic rings. The number of carbonyl (C=O) groups excluding carboxylic acids is 1. The molecule has 22 heavy (non-hydrogen) atoms. The van der Waals surface area contributed by atoms with Crippen molar-refractivity contribution in [3.8, 4) is 0 Å². The maximum atomic E-state index is 12.6. The summed E-state index contributed by atoms with van der Waals surface area (Å²) in [6, 6.07) is 10.4. The van der Waals surface area contributed by atoms with E-state index < -0.39 is 18.2 Å². The number of carboxylic acids is 1. The molecule has 0 radical (unpaired) electrons. The Morgan fingerprint density at radius 1 is 1.18 bits per heavy atom. The lowest BCUT2D eigenvalue weighted by molar-refractivity contribution is -0.155. The summed E-state index contributed by atoms with van der Waals surface area (Å²) in [5.41, 5.74) is 1.25. The van der Waals surface area contributed by atoms with Crippen LogP contribution < -0.4 is 0 Å². The molecule has 2 aliphatic rings. The van der Waals surface area contributed by atoms with Crippen LogP contribution >= 0.6 is 0 Å². The van der Waals surface area contributed by atoms with E-state index in [-0.39, 0.29) is 11.9 Å². The molecule has 2 unspecified atom stereocenters. The topological polar surface area (TPSA) is 66.8 Å². The quantitative estimate of drug-likeness (QED) is 0.927. The minimum absolute atomic E-state index is 0.0605. The van der Waals surface area contributed by atoms with Gasteiger partial charge in [0, 0.05) is 18.5 Å². The molecule has 2 heterocycles. The standard InChI is InChI=1S/C17H21NO4/c1-11-9-13(12-5-3-2-4-6-12)10-18(11)16(19)14-7-8-15(22-14)17(20)21/h2-6,11,13-15H,7-10H2,1H3,(H,20,21)/t11?,13?,14-,15+/m0/s1. The number of hydrogen-bond acceptors (Lipinski definition) is 3. The largest absolute Gasteiger partial charge is 0.479 e. The summed E-state index contributed by atoms with van der Waals surface area (Å²) in [6.07, 6.45) is 0.408. The smallest absolute Gasteiger partial charge is 0.332 e. The molecule has 0 spiro atoms. The number of ether oxygens (including phenoxy) is 1. The molecular weight excluding hydrogens is 282 g/mol. The van der Waals surface area contributed by atoms with Gasteiger partial charge in [0.2, 0.25) is 0 Å². The average molecular weight is 303 g/mol. The van der Waals surface area contributed by atoms with Gasteiger partial charge in [-0.05, 0) is 31.7 Å². The summed E-state index contributed by atoms with van der Waals surface area (Å²) < 4.78 is 5.40. The van der Waals surface area contributed by atoms with Crippen molar-refractivity contribution in [2.45, 2.75) is 50.4 Å². The van der Waals surface area contributed by atoms with Crippen LogP contribution in [0.25, 0.3) is 0 Å². The molecule has 5 heteroatoms. The van der Waals surface area contributed by atoms with Gasteiger partial charge < -0.3 is 14.7 Å². The molecule has 2 aliphatic heterocycles. The third kappa shape index (κ3) is 2.86. The summed E-state index contributed by atoms with van der Waals surface area (Å²) in [5.74, 6) is -0.696. The zero-order valence-corrected chi connectivity index (χ0v) is 12.6. The van der Waals surface area contributed by atoms with Gasteiger partial charge >= 0.3 is 5.97 Å². The monoisotopic (exact) mass is 303 g/mol. The SMILES string of the molecule is CC1CC(c2ccccc2)CN1C(=O)[C@@H]1CC[C@H](C(=O)O)O1. The van der Waals surface area contributed by atoms with Gasteiger partial charge in [0.05, 0.1) is 0 Å². The first kappa shape index (κ1) is 15.0. The Bertz CT molecular complexity index is 559. The van der Waals surface area contributed by atoms with E-state index in [2.05, 4.69) is 12.1 Å². The summed E-state index contributed by atoms with van der Waals surface area (Å²) in [7, 11) is 0. The minimum Gasteiger partial charge on any atom is -0.479 e. The highest BCUT2D eigenvalue weighted by Crippen LogP contribution is 2.33. The lowest BCUT2D eigenvalue weighted by atomic mass is 9.97. The lowest BCUT2D eigenvalue weighted by Gasteiger charge is -2.24. The lowest BCUT2D eigenvalue weighted by Crippen LogP contribution is -2.41. The first-order valence-corrected chi connectivity index (χ1v) is 7.80. The molecule has 118 valence electrons. The number of nitrogens with zero attached hydrogens (tertiary/aromatic N) is 1. The minimum atomic E-state index is -0.980. The van der Waals surface area contributed by atoms with Crippen LogP contribution in [-0.2, 0) is 14.3 Å². The summed E-state index contributed by atoms with van der Waals surface area (Å²) in [6.45, 7) is 2.73. The van der Waals surface area contributed by atoms with Gasteiger partial charge in [-0.15, -0.1) is 0 Å². The number of carbonyl (C=O) groups is 2. The Morgan fingerprint density at radius 2 is 1.86 bits per heavy atom. The number of benzene rings is 1. The number of carboxylic acid groups (broad SMARTS) is 1. The molecule has 0 aliphatic carbocycles. The van der Waals surface area contributed by atoms with E-state index in [4.69, 9.17) is 9.84 Å². The second-order valence-corrected chi connectivity index (χ2v) is 6.21. The highest BCUT2D eigenvalue weighted by molar-refractivity contribution is 5.83. The summed E-state index contributed by atoms with van der Waals surface area (Å²) >= 11 is 0. The predicted molar refractivity (Wildman–Crippen MR) is 80.5 cm³/mol. The fraction of sp³-hybridized carbons (Fsp3) is 0.529. The van der Waals surface area contributed by atoms with Crippen LogP contribution in [-0.4, -0.2) is 46.7 Å².